The molecule has 0 aliphatic heterocycles. The van der Waals surface area contributed by atoms with E-state index in [0.29, 0.717) is 27.8 Å². The van der Waals surface area contributed by atoms with E-state index in [0.717, 1.165) is 18.4 Å². The van der Waals surface area contributed by atoms with Crippen LogP contribution in [0.1, 0.15) is 58.4 Å². The van der Waals surface area contributed by atoms with Gasteiger partial charge < -0.3 is 11.1 Å². The summed E-state index contributed by atoms with van der Waals surface area (Å²) in [6.45, 7) is 0. The Kier molecular flexibility index (Phi) is 6.40. The van der Waals surface area contributed by atoms with Crippen molar-refractivity contribution >= 4 is 28.3 Å². The van der Waals surface area contributed by atoms with Gasteiger partial charge in [-0.3, -0.25) is 13.8 Å². The van der Waals surface area contributed by atoms with Gasteiger partial charge in [0, 0.05) is 38.6 Å². The summed E-state index contributed by atoms with van der Waals surface area (Å²) in [6, 6.07) is 13.7. The molecule has 1 saturated carbocycles. The van der Waals surface area contributed by atoms with E-state index in [-0.39, 0.29) is 5.91 Å². The van der Waals surface area contributed by atoms with Crippen LogP contribution in [0.5, 0.6) is 0 Å². The second-order valence-electron chi connectivity index (χ2n) is 6.88. The number of hydrogen-bond donors (Lipinski definition) is 2. The maximum Gasteiger partial charge on any atom is 0.255 e. The first-order valence-corrected chi connectivity index (χ1v) is 10.6. The molecule has 142 valence electrons. The number of nitrogens with two attached hydrogens (primary N) is 1. The van der Waals surface area contributed by atoms with Gasteiger partial charge in [-0.25, -0.2) is 0 Å². The highest BCUT2D eigenvalue weighted by Crippen LogP contribution is 2.24. The van der Waals surface area contributed by atoms with E-state index >= 15 is 0 Å². The summed E-state index contributed by atoms with van der Waals surface area (Å²) in [6.07, 6.45) is 5.67. The lowest BCUT2D eigenvalue weighted by atomic mass is 10.0. The fourth-order valence-corrected chi connectivity index (χ4v) is 4.94. The van der Waals surface area contributed by atoms with Crippen LogP contribution in [0.4, 0.5) is 5.69 Å². The lowest BCUT2D eigenvalue weighted by molar-refractivity contribution is 0.0995. The molecule has 27 heavy (non-hydrogen) atoms. The van der Waals surface area contributed by atoms with Crippen molar-refractivity contribution in [3.8, 4) is 0 Å². The highest BCUT2D eigenvalue weighted by molar-refractivity contribution is 7.84. The topological polar surface area (TPSA) is 89.3 Å². The van der Waals surface area contributed by atoms with Crippen LogP contribution >= 0.6 is 0 Å². The molecular weight excluding hydrogens is 360 g/mol. The van der Waals surface area contributed by atoms with E-state index in [1.54, 1.807) is 12.1 Å². The number of carbonyl (C=O) groups excluding carboxylic acids is 2. The van der Waals surface area contributed by atoms with Crippen molar-refractivity contribution in [1.29, 1.82) is 0 Å². The van der Waals surface area contributed by atoms with Crippen LogP contribution in [0.15, 0.2) is 48.5 Å². The van der Waals surface area contributed by atoms with Gasteiger partial charge in [0.25, 0.3) is 5.91 Å². The largest absolute Gasteiger partial charge is 0.366 e. The summed E-state index contributed by atoms with van der Waals surface area (Å²) >= 11 is 0. The summed E-state index contributed by atoms with van der Waals surface area (Å²) < 4.78 is 12.6. The first kappa shape index (κ1) is 19.3. The van der Waals surface area contributed by atoms with Crippen LogP contribution in [-0.4, -0.2) is 21.3 Å². The SMILES string of the molecule is NC(=O)c1ccc(C(=O)Nc2cccc(CS(=O)C3CCCCC3)c2)cc1. The molecule has 2 aromatic carbocycles. The zero-order chi connectivity index (χ0) is 19.2. The molecule has 0 radical (unpaired) electrons. The van der Waals surface area contributed by atoms with Crippen molar-refractivity contribution in [2.75, 3.05) is 5.32 Å². The first-order chi connectivity index (χ1) is 13.0. The van der Waals surface area contributed by atoms with Crippen molar-refractivity contribution in [3.63, 3.8) is 0 Å². The average Bonchev–Trinajstić information content (AvgIpc) is 2.69. The van der Waals surface area contributed by atoms with Gasteiger partial charge in [-0.2, -0.15) is 0 Å². The van der Waals surface area contributed by atoms with Gasteiger partial charge in [-0.05, 0) is 54.8 Å². The summed E-state index contributed by atoms with van der Waals surface area (Å²) in [4.78, 5) is 23.5. The predicted molar refractivity (Wildman–Crippen MR) is 108 cm³/mol. The lowest BCUT2D eigenvalue weighted by Gasteiger charge is -2.21. The molecular formula is C21H24N2O3S. The van der Waals surface area contributed by atoms with Crippen LogP contribution in [0.3, 0.4) is 0 Å². The Morgan fingerprint density at radius 3 is 2.33 bits per heavy atom. The summed E-state index contributed by atoms with van der Waals surface area (Å²) in [5.74, 6) is -0.279. The van der Waals surface area contributed by atoms with Crippen LogP contribution in [0.2, 0.25) is 0 Å². The number of rotatable bonds is 6. The Morgan fingerprint density at radius 1 is 1.00 bits per heavy atom. The minimum Gasteiger partial charge on any atom is -0.366 e. The monoisotopic (exact) mass is 384 g/mol. The Morgan fingerprint density at radius 2 is 1.67 bits per heavy atom. The molecule has 1 fully saturated rings. The van der Waals surface area contributed by atoms with Crippen molar-refractivity contribution in [3.05, 3.63) is 65.2 Å². The third-order valence-electron chi connectivity index (χ3n) is 4.85. The standard InChI is InChI=1S/C21H24N2O3S/c22-20(24)16-9-11-17(12-10-16)21(25)23-18-6-4-5-15(13-18)14-27(26)19-7-2-1-3-8-19/h4-6,9-13,19H,1-3,7-8,14H2,(H2,22,24)(H,23,25). The molecule has 0 saturated heterocycles. The Labute approximate surface area is 161 Å². The number of carbonyl (C=O) groups is 2. The molecule has 0 spiro atoms. The van der Waals surface area contributed by atoms with Crippen molar-refractivity contribution < 1.29 is 13.8 Å². The fraction of sp³-hybridized carbons (Fsp3) is 0.333. The smallest absolute Gasteiger partial charge is 0.255 e. The maximum absolute atomic E-state index is 12.6. The third kappa shape index (κ3) is 5.26. The van der Waals surface area contributed by atoms with E-state index in [1.165, 1.54) is 31.4 Å². The van der Waals surface area contributed by atoms with Gasteiger partial charge >= 0.3 is 0 Å². The Balaban J connectivity index is 1.63. The van der Waals surface area contributed by atoms with Crippen LogP contribution < -0.4 is 11.1 Å². The first-order valence-electron chi connectivity index (χ1n) is 9.20. The van der Waals surface area contributed by atoms with Crippen molar-refractivity contribution in [1.82, 2.24) is 0 Å². The summed E-state index contributed by atoms with van der Waals surface area (Å²) in [5, 5.41) is 3.14. The lowest BCUT2D eigenvalue weighted by Crippen LogP contribution is -2.20. The van der Waals surface area contributed by atoms with Crippen LogP contribution in [-0.2, 0) is 16.6 Å². The average molecular weight is 385 g/mol. The zero-order valence-corrected chi connectivity index (χ0v) is 16.0. The number of anilines is 1. The summed E-state index contributed by atoms with van der Waals surface area (Å²) in [7, 11) is -0.878. The molecule has 0 bridgehead atoms. The Hall–Kier alpha value is -2.47. The molecule has 6 heteroatoms. The van der Waals surface area contributed by atoms with Gasteiger partial charge in [0.15, 0.2) is 0 Å². The number of hydrogen-bond acceptors (Lipinski definition) is 3. The molecule has 3 rings (SSSR count). The maximum atomic E-state index is 12.6. The normalized spacial score (nSPS) is 15.9. The predicted octanol–water partition coefficient (Wildman–Crippen LogP) is 3.62. The molecule has 1 aliphatic carbocycles. The minimum atomic E-state index is -0.878. The van der Waals surface area contributed by atoms with Gasteiger partial charge in [0.1, 0.15) is 0 Å². The summed E-state index contributed by atoms with van der Waals surface area (Å²) in [5.41, 5.74) is 7.63. The van der Waals surface area contributed by atoms with E-state index in [2.05, 4.69) is 5.32 Å². The van der Waals surface area contributed by atoms with Crippen molar-refractivity contribution in [2.45, 2.75) is 43.1 Å². The molecule has 2 aromatic rings. The fourth-order valence-electron chi connectivity index (χ4n) is 3.34. The van der Waals surface area contributed by atoms with Crippen LogP contribution in [0, 0.1) is 0 Å². The van der Waals surface area contributed by atoms with E-state index in [4.69, 9.17) is 5.73 Å². The number of benzene rings is 2. The second-order valence-corrected chi connectivity index (χ2v) is 8.60. The highest BCUT2D eigenvalue weighted by Gasteiger charge is 2.20. The molecule has 2 amide bonds. The van der Waals surface area contributed by atoms with Crippen molar-refractivity contribution in [2.24, 2.45) is 5.73 Å². The van der Waals surface area contributed by atoms with E-state index in [1.807, 2.05) is 24.3 Å². The highest BCUT2D eigenvalue weighted by atomic mass is 32.2. The number of nitrogens with one attached hydrogen (secondary N) is 1. The molecule has 3 N–H and O–H groups in total. The second kappa shape index (κ2) is 8.95. The molecule has 0 aromatic heterocycles. The molecule has 1 atom stereocenters. The van der Waals surface area contributed by atoms with Gasteiger partial charge in [0.05, 0.1) is 0 Å². The molecule has 5 nitrogen and oxygen atoms in total. The van der Waals surface area contributed by atoms with Gasteiger partial charge in [-0.1, -0.05) is 31.4 Å². The van der Waals surface area contributed by atoms with E-state index in [9.17, 15) is 13.8 Å². The molecule has 0 heterocycles. The van der Waals surface area contributed by atoms with Gasteiger partial charge in [-0.15, -0.1) is 0 Å². The quantitative estimate of drug-likeness (QED) is 0.797. The molecule has 1 unspecified atom stereocenters. The molecule has 1 aliphatic rings. The third-order valence-corrected chi connectivity index (χ3v) is 6.68. The number of amides is 2. The number of primary amides is 1. The minimum absolute atomic E-state index is 0.267. The van der Waals surface area contributed by atoms with Crippen LogP contribution in [0.25, 0.3) is 0 Å². The zero-order valence-electron chi connectivity index (χ0n) is 15.1. The Bertz CT molecular complexity index is 843. The van der Waals surface area contributed by atoms with Gasteiger partial charge in [0.2, 0.25) is 5.91 Å². The van der Waals surface area contributed by atoms with E-state index < -0.39 is 16.7 Å².